The molecule has 1 saturated heterocycles. The Hall–Kier alpha value is -6.26. The lowest BCUT2D eigenvalue weighted by Crippen LogP contribution is -2.38. The van der Waals surface area contributed by atoms with E-state index >= 15 is 8.78 Å². The highest BCUT2D eigenvalue weighted by molar-refractivity contribution is 6.59. The normalized spacial score (nSPS) is 25.8. The van der Waals surface area contributed by atoms with Crippen LogP contribution in [0.15, 0.2) is 78.4 Å². The van der Waals surface area contributed by atoms with Gasteiger partial charge in [-0.15, -0.1) is 0 Å². The summed E-state index contributed by atoms with van der Waals surface area (Å²) >= 11 is 0. The van der Waals surface area contributed by atoms with Gasteiger partial charge in [-0.1, -0.05) is 54.6 Å². The molecule has 5 atom stereocenters. The molecule has 0 bridgehead atoms. The summed E-state index contributed by atoms with van der Waals surface area (Å²) < 4.78 is 39.3. The van der Waals surface area contributed by atoms with Crippen molar-refractivity contribution in [2.45, 2.75) is 48.5 Å². The summed E-state index contributed by atoms with van der Waals surface area (Å²) in [5, 5.41) is 24.1. The van der Waals surface area contributed by atoms with Gasteiger partial charge in [0.1, 0.15) is 23.1 Å². The Morgan fingerprint density at radius 2 is 1.36 bits per heavy atom. The third kappa shape index (κ3) is 2.20. The first-order valence-corrected chi connectivity index (χ1v) is 21.2. The summed E-state index contributed by atoms with van der Waals surface area (Å²) in [6.45, 7) is 0.528. The van der Waals surface area contributed by atoms with E-state index in [1.807, 2.05) is 12.1 Å². The standard InChI is InChI=1S/C54H27F2NO/c1-58-30-8-3-2-5-25(30)53-54-16-24-14-22-12-19-9-18-10-21-11-20-13-23-15-26(27(54)17-57(53)52-28(55)6-4-7-29(52)56)38-43-34(23)33(20)40-35(21)39-31(18)32(19)41-36(22)42-37(24)51(54)50(38)49-47(42)45(41)44(39)46(40)48(43)49/h2-8,10-12,14-15,24,27,36,53H,9,13,16-17H2,1H3. The molecule has 1 spiro atoms. The highest BCUT2D eigenvalue weighted by Crippen LogP contribution is 2.77. The lowest BCUT2D eigenvalue weighted by molar-refractivity contribution is 0.331. The first kappa shape index (κ1) is 27.4. The smallest absolute Gasteiger partial charge is 0.149 e. The van der Waals surface area contributed by atoms with Crippen LogP contribution in [0.2, 0.25) is 0 Å². The Balaban J connectivity index is 1.12. The minimum atomic E-state index is -0.501. The van der Waals surface area contributed by atoms with Crippen LogP contribution in [0, 0.1) is 11.6 Å². The zero-order chi connectivity index (χ0) is 36.9. The topological polar surface area (TPSA) is 12.5 Å². The molecule has 2 nitrogen and oxygen atoms in total. The molecule has 0 radical (unpaired) electrons. The number of para-hydroxylation sites is 2. The van der Waals surface area contributed by atoms with Crippen LogP contribution in [-0.2, 0) is 18.3 Å². The number of ether oxygens (including phenoxy) is 1. The number of fused-ring (bicyclic) bond motifs is 1. The predicted octanol–water partition coefficient (Wildman–Crippen LogP) is 12.7. The molecule has 0 saturated carbocycles. The van der Waals surface area contributed by atoms with Crippen molar-refractivity contribution in [1.29, 1.82) is 0 Å². The van der Waals surface area contributed by atoms with Gasteiger partial charge in [0, 0.05) is 35.3 Å². The molecule has 11 aromatic carbocycles. The van der Waals surface area contributed by atoms with E-state index in [0.29, 0.717) is 6.54 Å². The van der Waals surface area contributed by atoms with E-state index in [2.05, 4.69) is 47.4 Å². The molecule has 0 amide bonds. The lowest BCUT2D eigenvalue weighted by atomic mass is 9.60. The number of hydrogen-bond donors (Lipinski definition) is 0. The second kappa shape index (κ2) is 7.69. The van der Waals surface area contributed by atoms with Crippen molar-refractivity contribution in [3.8, 4) is 5.75 Å². The fraction of sp³-hybridized carbons (Fsp3) is 0.185. The van der Waals surface area contributed by atoms with Crippen LogP contribution in [0.25, 0.3) is 91.8 Å². The van der Waals surface area contributed by atoms with Crippen molar-refractivity contribution in [1.82, 2.24) is 0 Å². The number of allylic oxidation sites excluding steroid dienone is 4. The third-order valence-corrected chi connectivity index (χ3v) is 17.9. The number of nitrogens with zero attached hydrogens (tertiary/aromatic N) is 1. The van der Waals surface area contributed by atoms with Crippen molar-refractivity contribution < 1.29 is 13.5 Å². The van der Waals surface area contributed by atoms with Crippen LogP contribution < -0.4 is 9.64 Å². The molecule has 1 heterocycles. The molecule has 0 N–H and O–H groups in total. The van der Waals surface area contributed by atoms with Gasteiger partial charge < -0.3 is 9.64 Å². The second-order valence-corrected chi connectivity index (χ2v) is 19.4. The summed E-state index contributed by atoms with van der Waals surface area (Å²) in [5.41, 5.74) is 17.2. The third-order valence-electron chi connectivity index (χ3n) is 17.9. The number of anilines is 1. The van der Waals surface area contributed by atoms with Gasteiger partial charge in [-0.2, -0.15) is 0 Å². The molecule has 11 aromatic rings. The van der Waals surface area contributed by atoms with Gasteiger partial charge in [-0.25, -0.2) is 8.78 Å². The largest absolute Gasteiger partial charge is 0.496 e. The van der Waals surface area contributed by atoms with Gasteiger partial charge in [-0.05, 0) is 185 Å². The first-order valence-electron chi connectivity index (χ1n) is 21.2. The molecule has 5 unspecified atom stereocenters. The number of rotatable bonds is 3. The van der Waals surface area contributed by atoms with E-state index in [0.717, 1.165) is 30.6 Å². The molecule has 19 rings (SSSR count). The summed E-state index contributed by atoms with van der Waals surface area (Å²) in [6, 6.07) is 20.1. The van der Waals surface area contributed by atoms with Gasteiger partial charge in [0.05, 0.1) is 13.2 Å². The molecule has 58 heavy (non-hydrogen) atoms. The Kier molecular flexibility index (Phi) is 3.63. The highest BCUT2D eigenvalue weighted by Gasteiger charge is 2.66. The Morgan fingerprint density at radius 3 is 2.21 bits per heavy atom. The summed E-state index contributed by atoms with van der Waals surface area (Å²) in [5.74, 6) is 0.231. The van der Waals surface area contributed by atoms with Gasteiger partial charge in [0.2, 0.25) is 0 Å². The number of hydrogen-bond acceptors (Lipinski definition) is 2. The maximum Gasteiger partial charge on any atom is 0.149 e. The van der Waals surface area contributed by atoms with Gasteiger partial charge >= 0.3 is 0 Å². The van der Waals surface area contributed by atoms with E-state index < -0.39 is 17.0 Å². The number of methoxy groups -OCH3 is 1. The molecule has 1 fully saturated rings. The van der Waals surface area contributed by atoms with Crippen LogP contribution in [0.3, 0.4) is 0 Å². The van der Waals surface area contributed by atoms with E-state index in [1.54, 1.807) is 56.3 Å². The number of halogens is 2. The molecular weight excluding hydrogens is 717 g/mol. The van der Waals surface area contributed by atoms with Crippen molar-refractivity contribution in [3.63, 3.8) is 0 Å². The Labute approximate surface area is 328 Å². The second-order valence-electron chi connectivity index (χ2n) is 19.4. The predicted molar refractivity (Wildman–Crippen MR) is 228 cm³/mol. The van der Waals surface area contributed by atoms with Gasteiger partial charge in [0.25, 0.3) is 0 Å². The van der Waals surface area contributed by atoms with E-state index in [-0.39, 0.29) is 29.5 Å². The zero-order valence-electron chi connectivity index (χ0n) is 31.2. The maximum atomic E-state index is 16.5. The molecule has 1 aliphatic heterocycles. The van der Waals surface area contributed by atoms with Crippen molar-refractivity contribution >= 4 is 97.4 Å². The van der Waals surface area contributed by atoms with E-state index in [1.165, 1.54) is 116 Å². The molecular formula is C54H27F2NO. The first-order chi connectivity index (χ1) is 28.6. The van der Waals surface area contributed by atoms with Crippen LogP contribution in [0.4, 0.5) is 14.5 Å². The Morgan fingerprint density at radius 1 is 0.655 bits per heavy atom. The van der Waals surface area contributed by atoms with Crippen LogP contribution in [0.1, 0.15) is 85.9 Å². The van der Waals surface area contributed by atoms with Crippen LogP contribution in [0.5, 0.6) is 5.75 Å². The minimum absolute atomic E-state index is 0.0202. The molecule has 4 heteroatoms. The van der Waals surface area contributed by atoms with Gasteiger partial charge in [0.15, 0.2) is 0 Å². The summed E-state index contributed by atoms with van der Waals surface area (Å²) in [4.78, 5) is 2.15. The quantitative estimate of drug-likeness (QED) is 0.167. The fourth-order valence-electron chi connectivity index (χ4n) is 16.8. The molecule has 7 aliphatic carbocycles. The van der Waals surface area contributed by atoms with Crippen molar-refractivity contribution in [2.75, 3.05) is 18.6 Å². The summed E-state index contributed by atoms with van der Waals surface area (Å²) in [7, 11) is 1.74. The van der Waals surface area contributed by atoms with Crippen molar-refractivity contribution in [2.24, 2.45) is 0 Å². The average molecular weight is 744 g/mol. The van der Waals surface area contributed by atoms with E-state index in [9.17, 15) is 0 Å². The Bertz CT molecular complexity index is 4050. The lowest BCUT2D eigenvalue weighted by Gasteiger charge is -2.43. The van der Waals surface area contributed by atoms with E-state index in [4.69, 9.17) is 4.74 Å². The zero-order valence-corrected chi connectivity index (χ0v) is 31.2. The molecule has 268 valence electrons. The maximum absolute atomic E-state index is 16.5. The fourth-order valence-corrected chi connectivity index (χ4v) is 16.8. The molecule has 8 aliphatic rings. The van der Waals surface area contributed by atoms with Crippen LogP contribution in [-0.4, -0.2) is 13.7 Å². The minimum Gasteiger partial charge on any atom is -0.496 e. The highest BCUT2D eigenvalue weighted by atomic mass is 19.1. The monoisotopic (exact) mass is 743 g/mol. The van der Waals surface area contributed by atoms with Gasteiger partial charge in [-0.3, -0.25) is 0 Å². The summed E-state index contributed by atoms with van der Waals surface area (Å²) in [6.07, 6.45) is 8.10. The van der Waals surface area contributed by atoms with Crippen molar-refractivity contribution in [3.05, 3.63) is 146 Å². The van der Waals surface area contributed by atoms with Crippen LogP contribution >= 0.6 is 0 Å². The SMILES string of the molecule is COc1ccccc1C1N(c2c(F)cccc2F)CC2c3cc4c5c6c(cc7cc8c9c%10c%11c%12c%13c%14c%15c(c%16c3c5c(c%16%13)c3c6c7c9c%123)C21CC%15C=C(C=C%10C8)C%14%11)C4. The average Bonchev–Trinajstić information content (AvgIpc) is 4.08. The number of benzene rings is 9. The molecule has 0 aromatic heterocycles.